The number of aromatic nitrogens is 2. The van der Waals surface area contributed by atoms with E-state index in [1.165, 1.54) is 6.08 Å². The van der Waals surface area contributed by atoms with Crippen molar-refractivity contribution >= 4 is 29.5 Å². The molecular formula is C21H18N4O5. The van der Waals surface area contributed by atoms with Crippen molar-refractivity contribution < 1.29 is 23.5 Å². The fourth-order valence-electron chi connectivity index (χ4n) is 3.66. The molecular weight excluding hydrogens is 388 g/mol. The summed E-state index contributed by atoms with van der Waals surface area (Å²) in [7, 11) is 1.71. The van der Waals surface area contributed by atoms with Crippen molar-refractivity contribution in [2.75, 3.05) is 17.4 Å². The van der Waals surface area contributed by atoms with Crippen molar-refractivity contribution in [3.63, 3.8) is 0 Å². The van der Waals surface area contributed by atoms with Gasteiger partial charge in [-0.1, -0.05) is 6.07 Å². The van der Waals surface area contributed by atoms with E-state index < -0.39 is 0 Å². The standard InChI is InChI=1S/C21H18N4O5/c1-25-21-19(13(10-18(27)23-21)14-3-2-8-28-14)20(24-25)22-17(26)7-5-12-4-6-15-16(9-12)30-11-29-15/h2-9,13H,10-11H2,1H3,(H,23,27)(H,22,24,26)/b7-5-/t13-/m0/s1. The molecule has 1 aromatic carbocycles. The maximum Gasteiger partial charge on any atom is 0.249 e. The molecule has 2 aliphatic rings. The summed E-state index contributed by atoms with van der Waals surface area (Å²) >= 11 is 0. The van der Waals surface area contributed by atoms with Crippen LogP contribution in [-0.2, 0) is 16.6 Å². The lowest BCUT2D eigenvalue weighted by Gasteiger charge is -2.22. The van der Waals surface area contributed by atoms with Crippen LogP contribution in [0.25, 0.3) is 6.08 Å². The number of hydrogen-bond donors (Lipinski definition) is 2. The average molecular weight is 406 g/mol. The summed E-state index contributed by atoms with van der Waals surface area (Å²) in [6, 6.07) is 9.01. The second-order valence-corrected chi connectivity index (χ2v) is 6.99. The number of carbonyl (C=O) groups excluding carboxylic acids is 2. The maximum atomic E-state index is 12.6. The minimum absolute atomic E-state index is 0.132. The minimum Gasteiger partial charge on any atom is -0.469 e. The molecule has 9 heteroatoms. The second-order valence-electron chi connectivity index (χ2n) is 6.99. The fourth-order valence-corrected chi connectivity index (χ4v) is 3.66. The van der Waals surface area contributed by atoms with Crippen LogP contribution in [-0.4, -0.2) is 28.4 Å². The van der Waals surface area contributed by atoms with Crippen LogP contribution < -0.4 is 20.1 Å². The van der Waals surface area contributed by atoms with Gasteiger partial charge < -0.3 is 24.5 Å². The van der Waals surface area contributed by atoms with Crippen LogP contribution in [0.15, 0.2) is 47.1 Å². The Bertz CT molecular complexity index is 1160. The average Bonchev–Trinajstić information content (AvgIpc) is 3.47. The Hall–Kier alpha value is -4.01. The van der Waals surface area contributed by atoms with Crippen LogP contribution in [0.4, 0.5) is 11.6 Å². The molecule has 0 saturated heterocycles. The molecule has 9 nitrogen and oxygen atoms in total. The van der Waals surface area contributed by atoms with Crippen LogP contribution in [0, 0.1) is 0 Å². The number of benzene rings is 1. The number of anilines is 2. The molecule has 2 amide bonds. The smallest absolute Gasteiger partial charge is 0.249 e. The molecule has 30 heavy (non-hydrogen) atoms. The Morgan fingerprint density at radius 2 is 2.17 bits per heavy atom. The number of nitrogens with zero attached hydrogens (tertiary/aromatic N) is 2. The number of aryl methyl sites for hydroxylation is 1. The second kappa shape index (κ2) is 7.11. The highest BCUT2D eigenvalue weighted by atomic mass is 16.7. The van der Waals surface area contributed by atoms with Gasteiger partial charge in [0.1, 0.15) is 11.6 Å². The zero-order valence-corrected chi connectivity index (χ0v) is 16.0. The van der Waals surface area contributed by atoms with Crippen molar-refractivity contribution in [2.24, 2.45) is 7.05 Å². The predicted octanol–water partition coefficient (Wildman–Crippen LogP) is 2.87. The molecule has 0 unspecified atom stereocenters. The third-order valence-electron chi connectivity index (χ3n) is 5.03. The van der Waals surface area contributed by atoms with E-state index >= 15 is 0 Å². The van der Waals surface area contributed by atoms with E-state index in [2.05, 4.69) is 15.7 Å². The van der Waals surface area contributed by atoms with E-state index in [0.717, 1.165) is 11.1 Å². The van der Waals surface area contributed by atoms with Gasteiger partial charge in [0.15, 0.2) is 17.3 Å². The molecule has 2 aliphatic heterocycles. The summed E-state index contributed by atoms with van der Waals surface area (Å²) in [6.07, 6.45) is 4.87. The van der Waals surface area contributed by atoms with E-state index in [9.17, 15) is 9.59 Å². The summed E-state index contributed by atoms with van der Waals surface area (Å²) in [5, 5.41) is 10.0. The van der Waals surface area contributed by atoms with Crippen molar-refractivity contribution in [2.45, 2.75) is 12.3 Å². The molecule has 2 N–H and O–H groups in total. The topological polar surface area (TPSA) is 108 Å². The summed E-state index contributed by atoms with van der Waals surface area (Å²) in [5.74, 6) is 2.10. The first-order valence-electron chi connectivity index (χ1n) is 9.37. The monoisotopic (exact) mass is 406 g/mol. The van der Waals surface area contributed by atoms with Crippen molar-refractivity contribution in [3.05, 3.63) is 59.6 Å². The first-order chi connectivity index (χ1) is 14.6. The summed E-state index contributed by atoms with van der Waals surface area (Å²) < 4.78 is 17.7. The van der Waals surface area contributed by atoms with Crippen molar-refractivity contribution in [3.8, 4) is 11.5 Å². The fraction of sp³-hybridized carbons (Fsp3) is 0.190. The minimum atomic E-state index is -0.344. The number of hydrogen-bond acceptors (Lipinski definition) is 6. The Morgan fingerprint density at radius 3 is 3.00 bits per heavy atom. The number of furan rings is 1. The normalized spacial score (nSPS) is 17.1. The molecule has 0 spiro atoms. The first-order valence-corrected chi connectivity index (χ1v) is 9.37. The van der Waals surface area contributed by atoms with Gasteiger partial charge in [-0.3, -0.25) is 14.3 Å². The summed E-state index contributed by atoms with van der Waals surface area (Å²) in [4.78, 5) is 24.7. The number of carbonyl (C=O) groups is 2. The molecule has 0 aliphatic carbocycles. The van der Waals surface area contributed by atoms with Crippen LogP contribution >= 0.6 is 0 Å². The molecule has 0 radical (unpaired) electrons. The van der Waals surface area contributed by atoms with Crippen LogP contribution in [0.1, 0.15) is 29.2 Å². The molecule has 2 aromatic heterocycles. The molecule has 1 atom stereocenters. The van der Waals surface area contributed by atoms with Crippen molar-refractivity contribution in [1.82, 2.24) is 9.78 Å². The Morgan fingerprint density at radius 1 is 1.30 bits per heavy atom. The molecule has 4 heterocycles. The molecule has 0 saturated carbocycles. The van der Waals surface area contributed by atoms with E-state index in [1.54, 1.807) is 42.3 Å². The Kier molecular flexibility index (Phi) is 4.27. The first kappa shape index (κ1) is 18.0. The van der Waals surface area contributed by atoms with Gasteiger partial charge in [-0.05, 0) is 35.9 Å². The van der Waals surface area contributed by atoms with Gasteiger partial charge in [0.05, 0.1) is 17.7 Å². The summed E-state index contributed by atoms with van der Waals surface area (Å²) in [5.41, 5.74) is 1.52. The van der Waals surface area contributed by atoms with E-state index in [4.69, 9.17) is 13.9 Å². The third-order valence-corrected chi connectivity index (χ3v) is 5.03. The molecule has 5 rings (SSSR count). The number of nitrogens with one attached hydrogen (secondary N) is 2. The number of amides is 2. The molecule has 0 fully saturated rings. The van der Waals surface area contributed by atoms with Gasteiger partial charge in [0.2, 0.25) is 18.6 Å². The zero-order chi connectivity index (χ0) is 20.7. The van der Waals surface area contributed by atoms with Crippen LogP contribution in [0.2, 0.25) is 0 Å². The lowest BCUT2D eigenvalue weighted by molar-refractivity contribution is -0.116. The summed E-state index contributed by atoms with van der Waals surface area (Å²) in [6.45, 7) is 0.196. The third kappa shape index (κ3) is 3.20. The highest BCUT2D eigenvalue weighted by Crippen LogP contribution is 2.41. The maximum absolute atomic E-state index is 12.6. The number of rotatable bonds is 4. The van der Waals surface area contributed by atoms with Gasteiger partial charge in [-0.25, -0.2) is 0 Å². The van der Waals surface area contributed by atoms with Gasteiger partial charge in [-0.2, -0.15) is 5.10 Å². The number of ether oxygens (including phenoxy) is 2. The van der Waals surface area contributed by atoms with E-state index in [0.29, 0.717) is 28.9 Å². The largest absolute Gasteiger partial charge is 0.469 e. The van der Waals surface area contributed by atoms with Gasteiger partial charge in [0, 0.05) is 19.5 Å². The molecule has 152 valence electrons. The van der Waals surface area contributed by atoms with Crippen LogP contribution in [0.3, 0.4) is 0 Å². The Labute approximate surface area is 171 Å². The Balaban J connectivity index is 1.39. The lowest BCUT2D eigenvalue weighted by Crippen LogP contribution is -2.24. The SMILES string of the molecule is Cn1nc(NC(=O)/C=C\c2ccc3c(c2)OCO3)c2c1NC(=O)C[C@H]2c1ccco1. The van der Waals surface area contributed by atoms with E-state index in [-0.39, 0.29) is 30.9 Å². The highest BCUT2D eigenvalue weighted by Gasteiger charge is 2.34. The van der Waals surface area contributed by atoms with Gasteiger partial charge in [-0.15, -0.1) is 0 Å². The number of fused-ring (bicyclic) bond motifs is 2. The predicted molar refractivity (Wildman–Crippen MR) is 107 cm³/mol. The molecule has 3 aromatic rings. The van der Waals surface area contributed by atoms with Gasteiger partial charge >= 0.3 is 0 Å². The zero-order valence-electron chi connectivity index (χ0n) is 16.0. The highest BCUT2D eigenvalue weighted by molar-refractivity contribution is 6.03. The van der Waals surface area contributed by atoms with Gasteiger partial charge in [0.25, 0.3) is 0 Å². The quantitative estimate of drug-likeness (QED) is 0.645. The lowest BCUT2D eigenvalue weighted by atomic mass is 9.91. The van der Waals surface area contributed by atoms with Crippen LogP contribution in [0.5, 0.6) is 11.5 Å². The van der Waals surface area contributed by atoms with E-state index in [1.807, 2.05) is 12.1 Å². The molecule has 0 bridgehead atoms. The van der Waals surface area contributed by atoms with Crippen molar-refractivity contribution in [1.29, 1.82) is 0 Å².